The second-order valence-electron chi connectivity index (χ2n) is 6.98. The van der Waals surface area contributed by atoms with Crippen LogP contribution in [-0.2, 0) is 22.6 Å². The molecule has 0 saturated heterocycles. The van der Waals surface area contributed by atoms with Crippen LogP contribution in [-0.4, -0.2) is 28.5 Å². The molecule has 31 heavy (non-hydrogen) atoms. The molecule has 1 aliphatic rings. The molecular formula is C24H24ClNO5. The summed E-state index contributed by atoms with van der Waals surface area (Å²) >= 11 is 6.29. The van der Waals surface area contributed by atoms with Crippen molar-refractivity contribution in [2.24, 2.45) is 5.16 Å². The number of phenols is 2. The zero-order valence-electron chi connectivity index (χ0n) is 17.0. The number of esters is 1. The maximum absolute atomic E-state index is 12.6. The molecule has 2 aromatic rings. The van der Waals surface area contributed by atoms with E-state index in [-0.39, 0.29) is 41.5 Å². The van der Waals surface area contributed by atoms with Crippen LogP contribution in [0.3, 0.4) is 0 Å². The lowest BCUT2D eigenvalue weighted by molar-refractivity contribution is 0.0507. The van der Waals surface area contributed by atoms with E-state index in [2.05, 4.69) is 5.16 Å². The third kappa shape index (κ3) is 6.36. The van der Waals surface area contributed by atoms with E-state index in [1.807, 2.05) is 48.6 Å². The largest absolute Gasteiger partial charge is 0.507 e. The quantitative estimate of drug-likeness (QED) is 0.382. The first kappa shape index (κ1) is 22.4. The number of cyclic esters (lactones) is 1. The van der Waals surface area contributed by atoms with Gasteiger partial charge >= 0.3 is 5.97 Å². The highest BCUT2D eigenvalue weighted by Gasteiger charge is 2.24. The number of allylic oxidation sites excluding steroid dienone is 3. The molecule has 0 unspecified atom stereocenters. The van der Waals surface area contributed by atoms with E-state index in [1.165, 1.54) is 0 Å². The summed E-state index contributed by atoms with van der Waals surface area (Å²) in [5, 5.41) is 24.6. The number of fused-ring (bicyclic) bond motifs is 1. The molecule has 2 aromatic carbocycles. The zero-order chi connectivity index (χ0) is 22.1. The number of benzene rings is 2. The van der Waals surface area contributed by atoms with Gasteiger partial charge in [0.25, 0.3) is 0 Å². The van der Waals surface area contributed by atoms with E-state index < -0.39 is 11.7 Å². The number of nitrogens with zero attached hydrogens (tertiary/aromatic N) is 1. The van der Waals surface area contributed by atoms with Crippen LogP contribution in [0.15, 0.2) is 65.9 Å². The van der Waals surface area contributed by atoms with Crippen molar-refractivity contribution in [2.75, 3.05) is 6.61 Å². The molecule has 6 nitrogen and oxygen atoms in total. The van der Waals surface area contributed by atoms with E-state index in [4.69, 9.17) is 21.2 Å². The molecule has 0 spiro atoms. The van der Waals surface area contributed by atoms with Crippen LogP contribution in [0.25, 0.3) is 0 Å². The smallest absolute Gasteiger partial charge is 0.342 e. The van der Waals surface area contributed by atoms with Crippen molar-refractivity contribution in [2.45, 2.75) is 32.3 Å². The van der Waals surface area contributed by atoms with Crippen LogP contribution in [0.4, 0.5) is 0 Å². The second kappa shape index (κ2) is 11.2. The summed E-state index contributed by atoms with van der Waals surface area (Å²) in [6, 6.07) is 10.6. The second-order valence-corrected chi connectivity index (χ2v) is 7.35. The topological polar surface area (TPSA) is 88.4 Å². The molecule has 1 heterocycles. The van der Waals surface area contributed by atoms with Gasteiger partial charge < -0.3 is 19.8 Å². The Morgan fingerprint density at radius 3 is 2.58 bits per heavy atom. The minimum atomic E-state index is -0.714. The summed E-state index contributed by atoms with van der Waals surface area (Å²) in [6.07, 6.45) is 9.96. The van der Waals surface area contributed by atoms with Gasteiger partial charge in [-0.15, -0.1) is 0 Å². The number of rotatable bonds is 3. The Hall–Kier alpha value is -3.25. The van der Waals surface area contributed by atoms with E-state index in [0.29, 0.717) is 12.1 Å². The summed E-state index contributed by atoms with van der Waals surface area (Å²) in [4.78, 5) is 18.1. The number of aromatic hydroxyl groups is 2. The molecule has 0 amide bonds. The Kier molecular flexibility index (Phi) is 8.12. The average molecular weight is 442 g/mol. The van der Waals surface area contributed by atoms with E-state index in [1.54, 1.807) is 6.08 Å². The SMILES string of the molecule is O=C1OCC/C=C/CC/C=C/C(=N\OCc2ccccc2)Cc2c(Cl)c(O)cc(O)c21. The monoisotopic (exact) mass is 441 g/mol. The number of hydrogen-bond acceptors (Lipinski definition) is 6. The van der Waals surface area contributed by atoms with Gasteiger partial charge in [-0.3, -0.25) is 0 Å². The lowest BCUT2D eigenvalue weighted by atomic mass is 9.99. The fourth-order valence-electron chi connectivity index (χ4n) is 3.08. The molecular weight excluding hydrogens is 418 g/mol. The lowest BCUT2D eigenvalue weighted by Gasteiger charge is -2.14. The van der Waals surface area contributed by atoms with Crippen LogP contribution < -0.4 is 0 Å². The van der Waals surface area contributed by atoms with Gasteiger partial charge in [-0.05, 0) is 36.5 Å². The first-order valence-electron chi connectivity index (χ1n) is 10.0. The standard InChI is InChI=1S/C24H24ClNO5/c25-23-19-14-18(26-31-16-17-10-6-5-7-11-17)12-8-3-1-2-4-9-13-30-24(29)22(19)20(27)15-21(23)28/h2,4-8,10-12,15,27-28H,1,3,9,13-14,16H2/b4-2+,12-8+,26-18+. The Labute approximate surface area is 186 Å². The molecule has 1 aliphatic heterocycles. The fourth-order valence-corrected chi connectivity index (χ4v) is 3.30. The zero-order valence-corrected chi connectivity index (χ0v) is 17.7. The third-order valence-corrected chi connectivity index (χ3v) is 5.06. The summed E-state index contributed by atoms with van der Waals surface area (Å²) in [5.41, 5.74) is 1.58. The number of ether oxygens (including phenoxy) is 1. The van der Waals surface area contributed by atoms with Gasteiger partial charge in [0, 0.05) is 12.5 Å². The Morgan fingerprint density at radius 1 is 1.03 bits per heavy atom. The number of carbonyl (C=O) groups is 1. The highest BCUT2D eigenvalue weighted by Crippen LogP contribution is 2.37. The fraction of sp³-hybridized carbons (Fsp3) is 0.250. The van der Waals surface area contributed by atoms with Crippen molar-refractivity contribution in [3.05, 3.63) is 82.4 Å². The van der Waals surface area contributed by atoms with Crippen LogP contribution >= 0.6 is 11.6 Å². The maximum atomic E-state index is 12.6. The predicted molar refractivity (Wildman–Crippen MR) is 120 cm³/mol. The Bertz CT molecular complexity index is 999. The van der Waals surface area contributed by atoms with Gasteiger partial charge in [0.05, 0.1) is 17.3 Å². The van der Waals surface area contributed by atoms with Crippen molar-refractivity contribution in [3.8, 4) is 11.5 Å². The first-order chi connectivity index (χ1) is 15.1. The molecule has 0 fully saturated rings. The number of phenolic OH excluding ortho intramolecular Hbond substituents is 2. The average Bonchev–Trinajstić information content (AvgIpc) is 2.76. The van der Waals surface area contributed by atoms with Crippen molar-refractivity contribution in [1.29, 1.82) is 0 Å². The van der Waals surface area contributed by atoms with Gasteiger partial charge in [0.2, 0.25) is 0 Å². The maximum Gasteiger partial charge on any atom is 0.342 e. The normalized spacial score (nSPS) is 18.5. The van der Waals surface area contributed by atoms with Crippen LogP contribution in [0, 0.1) is 0 Å². The number of carbonyl (C=O) groups excluding carboxylic acids is 1. The molecule has 0 aliphatic carbocycles. The lowest BCUT2D eigenvalue weighted by Crippen LogP contribution is -2.13. The van der Waals surface area contributed by atoms with Gasteiger partial charge in [0.15, 0.2) is 0 Å². The molecule has 0 atom stereocenters. The molecule has 7 heteroatoms. The third-order valence-electron chi connectivity index (χ3n) is 4.63. The molecule has 2 N–H and O–H groups in total. The number of hydrogen-bond donors (Lipinski definition) is 2. The van der Waals surface area contributed by atoms with E-state index in [0.717, 1.165) is 24.5 Å². The minimum Gasteiger partial charge on any atom is -0.507 e. The van der Waals surface area contributed by atoms with Gasteiger partial charge in [-0.1, -0.05) is 65.3 Å². The highest BCUT2D eigenvalue weighted by molar-refractivity contribution is 6.33. The van der Waals surface area contributed by atoms with Crippen molar-refractivity contribution in [3.63, 3.8) is 0 Å². The number of oxime groups is 1. The van der Waals surface area contributed by atoms with Crippen LogP contribution in [0.2, 0.25) is 5.02 Å². The molecule has 3 rings (SSSR count). The molecule has 0 aromatic heterocycles. The highest BCUT2D eigenvalue weighted by atomic mass is 35.5. The molecule has 162 valence electrons. The Balaban J connectivity index is 1.94. The van der Waals surface area contributed by atoms with Gasteiger partial charge in [0.1, 0.15) is 23.7 Å². The summed E-state index contributed by atoms with van der Waals surface area (Å²) < 4.78 is 5.28. The van der Waals surface area contributed by atoms with Gasteiger partial charge in [-0.25, -0.2) is 4.79 Å². The summed E-state index contributed by atoms with van der Waals surface area (Å²) in [7, 11) is 0. The van der Waals surface area contributed by atoms with E-state index in [9.17, 15) is 15.0 Å². The Morgan fingerprint density at radius 2 is 1.77 bits per heavy atom. The molecule has 0 radical (unpaired) electrons. The minimum absolute atomic E-state index is 0.0408. The summed E-state index contributed by atoms with van der Waals surface area (Å²) in [6.45, 7) is 0.443. The first-order valence-corrected chi connectivity index (χ1v) is 10.4. The predicted octanol–water partition coefficient (Wildman–Crippen LogP) is 5.32. The van der Waals surface area contributed by atoms with Crippen molar-refractivity contribution >= 4 is 23.3 Å². The van der Waals surface area contributed by atoms with E-state index >= 15 is 0 Å². The molecule has 0 bridgehead atoms. The van der Waals surface area contributed by atoms with Crippen molar-refractivity contribution < 1.29 is 24.6 Å². The van der Waals surface area contributed by atoms with Gasteiger partial charge in [-0.2, -0.15) is 0 Å². The summed E-state index contributed by atoms with van der Waals surface area (Å²) in [5.74, 6) is -1.45. The van der Waals surface area contributed by atoms with Crippen molar-refractivity contribution in [1.82, 2.24) is 0 Å². The molecule has 0 saturated carbocycles. The van der Waals surface area contributed by atoms with Crippen LogP contribution in [0.1, 0.15) is 40.7 Å². The van der Waals surface area contributed by atoms with Crippen LogP contribution in [0.5, 0.6) is 11.5 Å². The number of halogens is 1.